The van der Waals surface area contributed by atoms with Gasteiger partial charge in [-0.25, -0.2) is 0 Å². The van der Waals surface area contributed by atoms with Crippen LogP contribution in [0.2, 0.25) is 0 Å². The van der Waals surface area contributed by atoms with Crippen LogP contribution in [0, 0.1) is 0 Å². The fraction of sp³-hybridized carbons (Fsp3) is 0.167. The fourth-order valence-electron chi connectivity index (χ4n) is 1.28. The Kier molecular flexibility index (Phi) is 3.80. The Morgan fingerprint density at radius 3 is 2.00 bits per heavy atom. The lowest BCUT2D eigenvalue weighted by Gasteiger charge is -2.21. The number of hydrogen-bond donors (Lipinski definition) is 1. The van der Waals surface area contributed by atoms with Gasteiger partial charge in [0, 0.05) is 24.5 Å². The van der Waals surface area contributed by atoms with Gasteiger partial charge in [0.05, 0.1) is 0 Å². The van der Waals surface area contributed by atoms with Crippen molar-refractivity contribution in [2.24, 2.45) is 0 Å². The van der Waals surface area contributed by atoms with Crippen LogP contribution < -0.4 is 10.6 Å². The predicted octanol–water partition coefficient (Wildman–Crippen LogP) is 2.45. The SMILES string of the molecule is C=CCN(CC=C)c1ccc(N)cc1. The Labute approximate surface area is 85.3 Å². The topological polar surface area (TPSA) is 29.3 Å². The van der Waals surface area contributed by atoms with Crippen molar-refractivity contribution >= 4 is 11.4 Å². The predicted molar refractivity (Wildman–Crippen MR) is 63.5 cm³/mol. The summed E-state index contributed by atoms with van der Waals surface area (Å²) in [4.78, 5) is 2.17. The van der Waals surface area contributed by atoms with E-state index in [2.05, 4.69) is 18.1 Å². The lowest BCUT2D eigenvalue weighted by Crippen LogP contribution is -2.22. The molecule has 2 N–H and O–H groups in total. The molecule has 0 aliphatic carbocycles. The van der Waals surface area contributed by atoms with Crippen LogP contribution in [0.15, 0.2) is 49.6 Å². The summed E-state index contributed by atoms with van der Waals surface area (Å²) in [7, 11) is 0. The fourth-order valence-corrected chi connectivity index (χ4v) is 1.28. The van der Waals surface area contributed by atoms with E-state index in [9.17, 15) is 0 Å². The van der Waals surface area contributed by atoms with Gasteiger partial charge in [-0.3, -0.25) is 0 Å². The van der Waals surface area contributed by atoms with Crippen LogP contribution in [0.5, 0.6) is 0 Å². The smallest absolute Gasteiger partial charge is 0.0373 e. The van der Waals surface area contributed by atoms with Gasteiger partial charge >= 0.3 is 0 Å². The summed E-state index contributed by atoms with van der Waals surface area (Å²) in [5.74, 6) is 0. The number of nitrogens with two attached hydrogens (primary N) is 1. The van der Waals surface area contributed by atoms with E-state index in [1.165, 1.54) is 0 Å². The van der Waals surface area contributed by atoms with Gasteiger partial charge in [-0.2, -0.15) is 0 Å². The second-order valence-electron chi connectivity index (χ2n) is 3.07. The van der Waals surface area contributed by atoms with Crippen molar-refractivity contribution in [1.82, 2.24) is 0 Å². The van der Waals surface area contributed by atoms with Gasteiger partial charge < -0.3 is 10.6 Å². The van der Waals surface area contributed by atoms with Crippen LogP contribution in [0.4, 0.5) is 11.4 Å². The second kappa shape index (κ2) is 5.12. The van der Waals surface area contributed by atoms with Crippen molar-refractivity contribution in [2.75, 3.05) is 23.7 Å². The van der Waals surface area contributed by atoms with Gasteiger partial charge in [0.1, 0.15) is 0 Å². The quantitative estimate of drug-likeness (QED) is 0.568. The van der Waals surface area contributed by atoms with E-state index in [0.717, 1.165) is 24.5 Å². The van der Waals surface area contributed by atoms with Gasteiger partial charge in [-0.1, -0.05) is 12.2 Å². The molecule has 0 unspecified atom stereocenters. The summed E-state index contributed by atoms with van der Waals surface area (Å²) in [5, 5.41) is 0. The van der Waals surface area contributed by atoms with Crippen molar-refractivity contribution in [3.8, 4) is 0 Å². The molecule has 14 heavy (non-hydrogen) atoms. The Morgan fingerprint density at radius 1 is 1.07 bits per heavy atom. The zero-order chi connectivity index (χ0) is 10.4. The average molecular weight is 188 g/mol. The van der Waals surface area contributed by atoms with E-state index in [-0.39, 0.29) is 0 Å². The minimum Gasteiger partial charge on any atom is -0.399 e. The standard InChI is InChI=1S/C12H16N2/c1-3-9-14(10-4-2)12-7-5-11(13)6-8-12/h3-8H,1-2,9-10,13H2. The molecule has 74 valence electrons. The molecule has 1 rings (SSSR count). The van der Waals surface area contributed by atoms with Gasteiger partial charge in [0.15, 0.2) is 0 Å². The minimum absolute atomic E-state index is 0.783. The molecule has 1 aromatic carbocycles. The first kappa shape index (κ1) is 10.4. The molecule has 0 fully saturated rings. The molecule has 0 amide bonds. The van der Waals surface area contributed by atoms with Gasteiger partial charge in [-0.05, 0) is 24.3 Å². The molecule has 0 radical (unpaired) electrons. The Bertz CT molecular complexity index is 291. The van der Waals surface area contributed by atoms with E-state index >= 15 is 0 Å². The van der Waals surface area contributed by atoms with Crippen LogP contribution in [-0.4, -0.2) is 13.1 Å². The first-order valence-electron chi connectivity index (χ1n) is 4.60. The maximum absolute atomic E-state index is 5.62. The zero-order valence-corrected chi connectivity index (χ0v) is 8.32. The van der Waals surface area contributed by atoms with Crippen LogP contribution in [-0.2, 0) is 0 Å². The summed E-state index contributed by atoms with van der Waals surface area (Å²) in [6.07, 6.45) is 3.75. The summed E-state index contributed by atoms with van der Waals surface area (Å²) >= 11 is 0. The number of rotatable bonds is 5. The molecular weight excluding hydrogens is 172 g/mol. The second-order valence-corrected chi connectivity index (χ2v) is 3.07. The minimum atomic E-state index is 0.783. The molecule has 1 aromatic rings. The molecule has 0 heterocycles. The number of nitrogen functional groups attached to an aromatic ring is 1. The molecule has 0 bridgehead atoms. The highest BCUT2D eigenvalue weighted by atomic mass is 15.1. The van der Waals surface area contributed by atoms with E-state index in [1.54, 1.807) is 0 Å². The van der Waals surface area contributed by atoms with Crippen molar-refractivity contribution in [3.05, 3.63) is 49.6 Å². The van der Waals surface area contributed by atoms with Crippen LogP contribution in [0.25, 0.3) is 0 Å². The van der Waals surface area contributed by atoms with Gasteiger partial charge in [0.2, 0.25) is 0 Å². The Morgan fingerprint density at radius 2 is 1.57 bits per heavy atom. The van der Waals surface area contributed by atoms with Crippen molar-refractivity contribution in [3.63, 3.8) is 0 Å². The Balaban J connectivity index is 2.80. The Hall–Kier alpha value is -1.70. The van der Waals surface area contributed by atoms with Crippen LogP contribution in [0.3, 0.4) is 0 Å². The molecule has 0 aliphatic heterocycles. The van der Waals surface area contributed by atoms with Gasteiger partial charge in [-0.15, -0.1) is 13.2 Å². The third-order valence-electron chi connectivity index (χ3n) is 1.96. The maximum Gasteiger partial charge on any atom is 0.0373 e. The largest absolute Gasteiger partial charge is 0.399 e. The summed E-state index contributed by atoms with van der Waals surface area (Å²) < 4.78 is 0. The van der Waals surface area contributed by atoms with E-state index in [1.807, 2.05) is 36.4 Å². The molecule has 0 atom stereocenters. The van der Waals surface area contributed by atoms with Crippen molar-refractivity contribution in [2.45, 2.75) is 0 Å². The molecule has 0 aromatic heterocycles. The molecule has 2 nitrogen and oxygen atoms in total. The summed E-state index contributed by atoms with van der Waals surface area (Å²) in [5.41, 5.74) is 7.54. The lowest BCUT2D eigenvalue weighted by atomic mass is 10.2. The zero-order valence-electron chi connectivity index (χ0n) is 8.32. The summed E-state index contributed by atoms with van der Waals surface area (Å²) in [6, 6.07) is 7.80. The average Bonchev–Trinajstić information content (AvgIpc) is 2.19. The maximum atomic E-state index is 5.62. The van der Waals surface area contributed by atoms with Crippen LogP contribution >= 0.6 is 0 Å². The van der Waals surface area contributed by atoms with E-state index in [0.29, 0.717) is 0 Å². The van der Waals surface area contributed by atoms with Crippen LogP contribution in [0.1, 0.15) is 0 Å². The van der Waals surface area contributed by atoms with E-state index in [4.69, 9.17) is 5.73 Å². The first-order chi connectivity index (χ1) is 6.77. The molecular formula is C12H16N2. The highest BCUT2D eigenvalue weighted by molar-refractivity contribution is 5.53. The molecule has 0 saturated carbocycles. The normalized spacial score (nSPS) is 9.43. The van der Waals surface area contributed by atoms with E-state index < -0.39 is 0 Å². The lowest BCUT2D eigenvalue weighted by molar-refractivity contribution is 0.957. The third-order valence-corrected chi connectivity index (χ3v) is 1.96. The number of hydrogen-bond acceptors (Lipinski definition) is 2. The van der Waals surface area contributed by atoms with Crippen molar-refractivity contribution < 1.29 is 0 Å². The monoisotopic (exact) mass is 188 g/mol. The molecule has 0 spiro atoms. The summed E-state index contributed by atoms with van der Waals surface area (Å²) in [6.45, 7) is 9.08. The van der Waals surface area contributed by atoms with Gasteiger partial charge in [0.25, 0.3) is 0 Å². The third kappa shape index (κ3) is 2.66. The highest BCUT2D eigenvalue weighted by Crippen LogP contribution is 2.15. The molecule has 0 aliphatic rings. The molecule has 0 saturated heterocycles. The number of benzene rings is 1. The molecule has 2 heteroatoms. The van der Waals surface area contributed by atoms with Crippen molar-refractivity contribution in [1.29, 1.82) is 0 Å². The highest BCUT2D eigenvalue weighted by Gasteiger charge is 2.01. The number of anilines is 2. The number of nitrogens with zero attached hydrogens (tertiary/aromatic N) is 1. The first-order valence-corrected chi connectivity index (χ1v) is 4.60.